The van der Waals surface area contributed by atoms with Crippen LogP contribution in [0.5, 0.6) is 0 Å². The van der Waals surface area contributed by atoms with Gasteiger partial charge in [-0.25, -0.2) is 9.67 Å². The molecular weight excluding hydrogens is 250 g/mol. The van der Waals surface area contributed by atoms with Crippen molar-refractivity contribution in [3.63, 3.8) is 0 Å². The highest BCUT2D eigenvalue weighted by Crippen LogP contribution is 2.18. The second-order valence-corrected chi connectivity index (χ2v) is 4.41. The Balaban J connectivity index is 2.21. The predicted octanol–water partition coefficient (Wildman–Crippen LogP) is 1.87. The molecule has 1 unspecified atom stereocenters. The predicted molar refractivity (Wildman–Crippen MR) is 67.9 cm³/mol. The van der Waals surface area contributed by atoms with E-state index in [1.807, 2.05) is 19.1 Å². The lowest BCUT2D eigenvalue weighted by molar-refractivity contribution is 0.649. The van der Waals surface area contributed by atoms with E-state index in [2.05, 4.69) is 10.1 Å². The molecule has 0 aliphatic heterocycles. The summed E-state index contributed by atoms with van der Waals surface area (Å²) >= 11 is 6.09. The van der Waals surface area contributed by atoms with Gasteiger partial charge in [0.2, 0.25) is 0 Å². The quantitative estimate of drug-likeness (QED) is 0.915. The molecule has 2 aromatic rings. The number of nitrogens with zero attached hydrogens (tertiary/aromatic N) is 4. The molecule has 0 spiro atoms. The van der Waals surface area contributed by atoms with Crippen LogP contribution in [0.4, 0.5) is 0 Å². The molecule has 0 radical (unpaired) electrons. The summed E-state index contributed by atoms with van der Waals surface area (Å²) in [5.41, 5.74) is 7.11. The molecule has 0 fully saturated rings. The normalized spacial score (nSPS) is 12.1. The van der Waals surface area contributed by atoms with E-state index >= 15 is 0 Å². The summed E-state index contributed by atoms with van der Waals surface area (Å²) in [7, 11) is 0. The van der Waals surface area contributed by atoms with Crippen molar-refractivity contribution in [1.82, 2.24) is 14.8 Å². The number of halogens is 1. The highest BCUT2D eigenvalue weighted by molar-refractivity contribution is 6.31. The van der Waals surface area contributed by atoms with E-state index in [0.717, 1.165) is 5.56 Å². The molecule has 0 bridgehead atoms. The molecule has 18 heavy (non-hydrogen) atoms. The van der Waals surface area contributed by atoms with Gasteiger partial charge in [0.1, 0.15) is 6.33 Å². The van der Waals surface area contributed by atoms with Crippen LogP contribution >= 0.6 is 11.6 Å². The zero-order valence-corrected chi connectivity index (χ0v) is 10.6. The highest BCUT2D eigenvalue weighted by atomic mass is 35.5. The minimum atomic E-state index is -0.192. The maximum atomic E-state index is 8.76. The van der Waals surface area contributed by atoms with Crippen molar-refractivity contribution in [2.75, 3.05) is 0 Å². The third-order valence-electron chi connectivity index (χ3n) is 2.48. The van der Waals surface area contributed by atoms with Gasteiger partial charge in [-0.05, 0) is 24.6 Å². The first kappa shape index (κ1) is 12.6. The van der Waals surface area contributed by atoms with E-state index < -0.39 is 0 Å². The maximum Gasteiger partial charge on any atom is 0.166 e. The fourth-order valence-corrected chi connectivity index (χ4v) is 1.75. The SMILES string of the molecule is CC(N)c1ncn(Cc2ccc(C#N)cc2Cl)n1. The summed E-state index contributed by atoms with van der Waals surface area (Å²) in [5.74, 6) is 0.597. The number of nitrogens with two attached hydrogens (primary N) is 1. The van der Waals surface area contributed by atoms with Crippen molar-refractivity contribution in [2.24, 2.45) is 5.73 Å². The van der Waals surface area contributed by atoms with Gasteiger partial charge in [-0.15, -0.1) is 0 Å². The first-order valence-corrected chi connectivity index (χ1v) is 5.81. The second-order valence-electron chi connectivity index (χ2n) is 4.01. The molecular formula is C12H12ClN5. The summed E-state index contributed by atoms with van der Waals surface area (Å²) in [6, 6.07) is 7.03. The number of hydrogen-bond acceptors (Lipinski definition) is 4. The number of nitriles is 1. The Bertz CT molecular complexity index is 597. The van der Waals surface area contributed by atoms with Gasteiger partial charge in [0.25, 0.3) is 0 Å². The van der Waals surface area contributed by atoms with Crippen molar-refractivity contribution in [1.29, 1.82) is 5.26 Å². The average Bonchev–Trinajstić information content (AvgIpc) is 2.80. The molecule has 1 aromatic heterocycles. The van der Waals surface area contributed by atoms with Gasteiger partial charge in [-0.3, -0.25) is 0 Å². The van der Waals surface area contributed by atoms with E-state index in [1.165, 1.54) is 0 Å². The molecule has 0 aliphatic carbocycles. The molecule has 2 rings (SSSR count). The van der Waals surface area contributed by atoms with Crippen LogP contribution < -0.4 is 5.73 Å². The Morgan fingerprint density at radius 3 is 2.89 bits per heavy atom. The van der Waals surface area contributed by atoms with Crippen LogP contribution in [-0.2, 0) is 6.54 Å². The molecule has 0 saturated heterocycles. The van der Waals surface area contributed by atoms with Gasteiger partial charge in [0.05, 0.1) is 24.2 Å². The van der Waals surface area contributed by atoms with Crippen LogP contribution in [0.1, 0.15) is 29.9 Å². The van der Waals surface area contributed by atoms with Crippen molar-refractivity contribution < 1.29 is 0 Å². The van der Waals surface area contributed by atoms with E-state index in [9.17, 15) is 0 Å². The second kappa shape index (κ2) is 5.17. The number of benzene rings is 1. The van der Waals surface area contributed by atoms with E-state index in [1.54, 1.807) is 23.1 Å². The summed E-state index contributed by atoms with van der Waals surface area (Å²) in [5, 5.41) is 13.6. The first-order valence-electron chi connectivity index (χ1n) is 5.43. The smallest absolute Gasteiger partial charge is 0.166 e. The Morgan fingerprint density at radius 2 is 2.33 bits per heavy atom. The Kier molecular flexibility index (Phi) is 3.60. The summed E-state index contributed by atoms with van der Waals surface area (Å²) in [4.78, 5) is 4.11. The largest absolute Gasteiger partial charge is 0.321 e. The van der Waals surface area contributed by atoms with Gasteiger partial charge in [-0.2, -0.15) is 10.4 Å². The Morgan fingerprint density at radius 1 is 1.56 bits per heavy atom. The van der Waals surface area contributed by atoms with Gasteiger partial charge in [0.15, 0.2) is 5.82 Å². The topological polar surface area (TPSA) is 80.5 Å². The Labute approximate surface area is 110 Å². The fourth-order valence-electron chi connectivity index (χ4n) is 1.51. The Hall–Kier alpha value is -1.90. The monoisotopic (exact) mass is 261 g/mol. The molecule has 5 nitrogen and oxygen atoms in total. The van der Waals surface area contributed by atoms with Crippen LogP contribution in [0.25, 0.3) is 0 Å². The molecule has 1 atom stereocenters. The number of aromatic nitrogens is 3. The van der Waals surface area contributed by atoms with Crippen LogP contribution in [0, 0.1) is 11.3 Å². The van der Waals surface area contributed by atoms with Gasteiger partial charge in [0, 0.05) is 5.02 Å². The molecule has 1 aromatic carbocycles. The van der Waals surface area contributed by atoms with Crippen molar-refractivity contribution in [2.45, 2.75) is 19.5 Å². The third kappa shape index (κ3) is 2.67. The van der Waals surface area contributed by atoms with Crippen molar-refractivity contribution in [3.8, 4) is 6.07 Å². The lowest BCUT2D eigenvalue weighted by atomic mass is 10.1. The van der Waals surface area contributed by atoms with E-state index in [0.29, 0.717) is 23.0 Å². The zero-order chi connectivity index (χ0) is 13.1. The van der Waals surface area contributed by atoms with Gasteiger partial charge >= 0.3 is 0 Å². The fraction of sp³-hybridized carbons (Fsp3) is 0.250. The van der Waals surface area contributed by atoms with E-state index in [-0.39, 0.29) is 6.04 Å². The molecule has 0 aliphatic rings. The lowest BCUT2D eigenvalue weighted by Gasteiger charge is -2.04. The van der Waals surface area contributed by atoms with Crippen molar-refractivity contribution in [3.05, 3.63) is 46.5 Å². The highest BCUT2D eigenvalue weighted by Gasteiger charge is 2.07. The standard InChI is InChI=1S/C12H12ClN5/c1-8(15)12-16-7-18(17-12)6-10-3-2-9(5-14)4-11(10)13/h2-4,7-8H,6,15H2,1H3. The number of rotatable bonds is 3. The molecule has 1 heterocycles. The summed E-state index contributed by atoms with van der Waals surface area (Å²) in [6.07, 6.45) is 1.62. The molecule has 0 saturated carbocycles. The summed E-state index contributed by atoms with van der Waals surface area (Å²) in [6.45, 7) is 2.33. The van der Waals surface area contributed by atoms with Gasteiger partial charge in [-0.1, -0.05) is 17.7 Å². The minimum absolute atomic E-state index is 0.192. The van der Waals surface area contributed by atoms with Crippen molar-refractivity contribution >= 4 is 11.6 Å². The van der Waals surface area contributed by atoms with Crippen LogP contribution in [0.3, 0.4) is 0 Å². The zero-order valence-electron chi connectivity index (χ0n) is 9.84. The third-order valence-corrected chi connectivity index (χ3v) is 2.83. The first-order chi connectivity index (χ1) is 8.60. The minimum Gasteiger partial charge on any atom is -0.321 e. The molecule has 2 N–H and O–H groups in total. The lowest BCUT2D eigenvalue weighted by Crippen LogP contribution is -2.08. The van der Waals surface area contributed by atoms with Crippen LogP contribution in [0.15, 0.2) is 24.5 Å². The molecule has 0 amide bonds. The maximum absolute atomic E-state index is 8.76. The van der Waals surface area contributed by atoms with Crippen LogP contribution in [-0.4, -0.2) is 14.8 Å². The van der Waals surface area contributed by atoms with Gasteiger partial charge < -0.3 is 5.73 Å². The molecule has 6 heteroatoms. The summed E-state index contributed by atoms with van der Waals surface area (Å²) < 4.78 is 1.67. The van der Waals surface area contributed by atoms with Crippen LogP contribution in [0.2, 0.25) is 5.02 Å². The van der Waals surface area contributed by atoms with E-state index in [4.69, 9.17) is 22.6 Å². The molecule has 92 valence electrons. The number of hydrogen-bond donors (Lipinski definition) is 1. The average molecular weight is 262 g/mol.